The van der Waals surface area contributed by atoms with Gasteiger partial charge < -0.3 is 34.5 Å². The van der Waals surface area contributed by atoms with E-state index in [0.29, 0.717) is 16.3 Å². The van der Waals surface area contributed by atoms with E-state index >= 15 is 0 Å². The molecular weight excluding hydrogens is 675 g/mol. The van der Waals surface area contributed by atoms with E-state index in [-0.39, 0.29) is 6.54 Å². The summed E-state index contributed by atoms with van der Waals surface area (Å²) in [6, 6.07) is 11.7. The van der Waals surface area contributed by atoms with Crippen LogP contribution < -0.4 is 11.2 Å². The summed E-state index contributed by atoms with van der Waals surface area (Å²) < 4.78 is 52.8. The molecule has 1 aliphatic rings. The number of aliphatic hydroxyl groups excluding tert-OH is 1. The Labute approximate surface area is 252 Å². The number of rotatable bonds is 12. The maximum Gasteiger partial charge on any atom is 0.490 e. The van der Waals surface area contributed by atoms with E-state index in [1.54, 1.807) is 6.07 Å². The number of hydrogen-bond acceptors (Lipinski definition) is 12. The van der Waals surface area contributed by atoms with Gasteiger partial charge in [0.1, 0.15) is 17.8 Å². The molecule has 3 aromatic rings. The number of ether oxygens (including phenoxy) is 1. The fourth-order valence-corrected chi connectivity index (χ4v) is 7.45. The molecule has 0 bridgehead atoms. The first-order valence-corrected chi connectivity index (χ1v) is 17.1. The highest BCUT2D eigenvalue weighted by Crippen LogP contribution is 2.66. The number of benzene rings is 1. The molecule has 4 rings (SSSR count). The van der Waals surface area contributed by atoms with E-state index in [2.05, 4.69) is 18.1 Å². The molecule has 240 valence electrons. The van der Waals surface area contributed by atoms with Gasteiger partial charge in [0, 0.05) is 24.0 Å². The third-order valence-electron chi connectivity index (χ3n) is 6.17. The summed E-state index contributed by atoms with van der Waals surface area (Å²) in [6.07, 6.45) is -0.978. The largest absolute Gasteiger partial charge is 0.490 e. The van der Waals surface area contributed by atoms with Crippen LogP contribution in [0, 0.1) is 0 Å². The molecule has 0 radical (unpaired) electrons. The van der Waals surface area contributed by atoms with Crippen molar-refractivity contribution in [3.63, 3.8) is 0 Å². The predicted octanol–water partition coefficient (Wildman–Crippen LogP) is 0.608. The highest BCUT2D eigenvalue weighted by Gasteiger charge is 2.50. The number of halogens is 1. The molecule has 44 heavy (non-hydrogen) atoms. The van der Waals surface area contributed by atoms with Crippen LogP contribution in [0.2, 0.25) is 5.02 Å². The van der Waals surface area contributed by atoms with Crippen molar-refractivity contribution < 1.29 is 61.4 Å². The van der Waals surface area contributed by atoms with Gasteiger partial charge in [0.2, 0.25) is 0 Å². The monoisotopic (exact) mass is 699 g/mol. The second kappa shape index (κ2) is 13.2. The Kier molecular flexibility index (Phi) is 10.3. The van der Waals surface area contributed by atoms with Gasteiger partial charge in [0.05, 0.1) is 37.0 Å². The van der Waals surface area contributed by atoms with Gasteiger partial charge in [-0.05, 0) is 11.6 Å². The van der Waals surface area contributed by atoms with Gasteiger partial charge in [-0.1, -0.05) is 41.9 Å². The number of phosphoric ester groups is 1. The Hall–Kier alpha value is -2.37. The number of aliphatic hydroxyl groups is 2. The van der Waals surface area contributed by atoms with Gasteiger partial charge in [-0.3, -0.25) is 23.4 Å². The zero-order valence-corrected chi connectivity index (χ0v) is 25.5. The predicted molar refractivity (Wildman–Crippen MR) is 149 cm³/mol. The normalized spacial score (nSPS) is 23.2. The van der Waals surface area contributed by atoms with Crippen molar-refractivity contribution in [2.45, 2.75) is 30.9 Å². The summed E-state index contributed by atoms with van der Waals surface area (Å²) in [5, 5.41) is 22.0. The molecule has 3 unspecified atom stereocenters. The minimum Gasteiger partial charge on any atom is -0.387 e. The third-order valence-corrected chi connectivity index (χ3v) is 10.3. The van der Waals surface area contributed by atoms with Gasteiger partial charge in [-0.2, -0.15) is 8.62 Å². The minimum atomic E-state index is -5.78. The first kappa shape index (κ1) is 34.5. The smallest absolute Gasteiger partial charge is 0.387 e. The maximum absolute atomic E-state index is 13.2. The fraction of sp³-hybridized carbons (Fsp3) is 0.318. The summed E-state index contributed by atoms with van der Waals surface area (Å²) in [4.78, 5) is 66.1. The topological polar surface area (TPSA) is 266 Å². The van der Waals surface area contributed by atoms with Gasteiger partial charge in [-0.15, -0.1) is 0 Å². The summed E-state index contributed by atoms with van der Waals surface area (Å²) >= 11 is 6.29. The minimum absolute atomic E-state index is 0.268. The van der Waals surface area contributed by atoms with Gasteiger partial charge in [0.15, 0.2) is 0 Å². The Morgan fingerprint density at radius 3 is 2.39 bits per heavy atom. The fourth-order valence-electron chi connectivity index (χ4n) is 4.21. The SMILES string of the molecule is O=c1ccn(CC2(O)CO[C@H](COP(=O)(O)OP(=O)(O)OP(=O)(O)O)[C@@H]2O)c(=O)n1Cc1cc(-c2ccccc2)c(Cl)cn1. The summed E-state index contributed by atoms with van der Waals surface area (Å²) in [5.41, 5.74) is -2.06. The molecule has 1 saturated heterocycles. The highest BCUT2D eigenvalue weighted by atomic mass is 35.5. The lowest BCUT2D eigenvalue weighted by atomic mass is 9.96. The first-order chi connectivity index (χ1) is 20.4. The number of pyridine rings is 1. The summed E-state index contributed by atoms with van der Waals surface area (Å²) in [6.45, 7) is -2.56. The van der Waals surface area contributed by atoms with Crippen LogP contribution >= 0.6 is 35.1 Å². The molecule has 1 fully saturated rings. The first-order valence-electron chi connectivity index (χ1n) is 12.2. The van der Waals surface area contributed by atoms with E-state index < -0.39 is 72.3 Å². The molecule has 1 aliphatic heterocycles. The molecule has 5 atom stereocenters. The van der Waals surface area contributed by atoms with Crippen molar-refractivity contribution >= 4 is 35.1 Å². The molecule has 0 amide bonds. The zero-order valence-electron chi connectivity index (χ0n) is 22.1. The van der Waals surface area contributed by atoms with Crippen molar-refractivity contribution in [2.75, 3.05) is 13.2 Å². The standard InChI is InChI=1S/C22H25ClN3O15P3/c23-17-9-24-15(8-16(17)14-4-2-1-3-5-14)10-26-19(27)6-7-25(21(26)29)12-22(30)13-38-18(20(22)28)11-39-43(34,35)41-44(36,37)40-42(31,32)33/h1-9,18,20,28,30H,10-13H2,(H,34,35)(H,36,37)(H2,31,32,33)/t18-,20+,22?/m1/s1. The molecular formula is C22H25ClN3O15P3. The van der Waals surface area contributed by atoms with Crippen molar-refractivity contribution in [2.24, 2.45) is 0 Å². The molecule has 3 heterocycles. The molecule has 2 aromatic heterocycles. The van der Waals surface area contributed by atoms with Crippen LogP contribution in [0.25, 0.3) is 11.1 Å². The van der Waals surface area contributed by atoms with Crippen molar-refractivity contribution in [1.29, 1.82) is 0 Å². The van der Waals surface area contributed by atoms with Crippen LogP contribution in [0.15, 0.2) is 64.4 Å². The van der Waals surface area contributed by atoms with Gasteiger partial charge in [0.25, 0.3) is 5.56 Å². The zero-order chi connectivity index (χ0) is 32.5. The molecule has 0 aliphatic carbocycles. The lowest BCUT2D eigenvalue weighted by molar-refractivity contribution is -0.0655. The Morgan fingerprint density at radius 1 is 1.05 bits per heavy atom. The van der Waals surface area contributed by atoms with Crippen molar-refractivity contribution in [3.05, 3.63) is 86.4 Å². The molecule has 18 nitrogen and oxygen atoms in total. The summed E-state index contributed by atoms with van der Waals surface area (Å²) in [7, 11) is -16.9. The van der Waals surface area contributed by atoms with E-state index in [1.807, 2.05) is 30.3 Å². The van der Waals surface area contributed by atoms with Crippen molar-refractivity contribution in [1.82, 2.24) is 14.1 Å². The van der Waals surface area contributed by atoms with Crippen LogP contribution in [0.1, 0.15) is 5.69 Å². The molecule has 1 aromatic carbocycles. The molecule has 22 heteroatoms. The van der Waals surface area contributed by atoms with E-state index in [1.165, 1.54) is 6.20 Å². The average Bonchev–Trinajstić information content (AvgIpc) is 3.19. The second-order valence-electron chi connectivity index (χ2n) is 9.46. The van der Waals surface area contributed by atoms with Crippen LogP contribution in [-0.4, -0.2) is 74.9 Å². The molecule has 6 N–H and O–H groups in total. The second-order valence-corrected chi connectivity index (χ2v) is 14.3. The van der Waals surface area contributed by atoms with E-state index in [0.717, 1.165) is 27.0 Å². The molecule has 0 saturated carbocycles. The van der Waals surface area contributed by atoms with Crippen LogP contribution in [0.5, 0.6) is 0 Å². The van der Waals surface area contributed by atoms with Crippen LogP contribution in [-0.2, 0) is 44.7 Å². The number of phosphoric acid groups is 3. The quantitative estimate of drug-likeness (QED) is 0.141. The average molecular weight is 700 g/mol. The Balaban J connectivity index is 1.47. The van der Waals surface area contributed by atoms with Gasteiger partial charge in [-0.25, -0.2) is 18.5 Å². The third kappa shape index (κ3) is 8.66. The number of hydrogen-bond donors (Lipinski definition) is 6. The van der Waals surface area contributed by atoms with E-state index in [9.17, 15) is 43.3 Å². The number of nitrogens with zero attached hydrogens (tertiary/aromatic N) is 3. The lowest BCUT2D eigenvalue weighted by Crippen LogP contribution is -2.51. The lowest BCUT2D eigenvalue weighted by Gasteiger charge is -2.27. The maximum atomic E-state index is 13.2. The summed E-state index contributed by atoms with van der Waals surface area (Å²) in [5.74, 6) is 0. The van der Waals surface area contributed by atoms with Crippen LogP contribution in [0.4, 0.5) is 0 Å². The Morgan fingerprint density at radius 2 is 1.73 bits per heavy atom. The van der Waals surface area contributed by atoms with E-state index in [4.69, 9.17) is 26.1 Å². The van der Waals surface area contributed by atoms with Crippen molar-refractivity contribution in [3.8, 4) is 11.1 Å². The highest BCUT2D eigenvalue weighted by molar-refractivity contribution is 7.66. The van der Waals surface area contributed by atoms with Crippen LogP contribution in [0.3, 0.4) is 0 Å². The Bertz CT molecular complexity index is 1780. The molecule has 0 spiro atoms. The van der Waals surface area contributed by atoms with Gasteiger partial charge >= 0.3 is 29.2 Å². The number of aromatic nitrogens is 3.